The zero-order chi connectivity index (χ0) is 10.1. The van der Waals surface area contributed by atoms with Crippen LogP contribution >= 0.6 is 0 Å². The molecule has 0 aromatic carbocycles. The zero-order valence-corrected chi connectivity index (χ0v) is 8.08. The first-order valence-corrected chi connectivity index (χ1v) is 4.81. The topological polar surface area (TPSA) is 67.4 Å². The summed E-state index contributed by atoms with van der Waals surface area (Å²) in [6.45, 7) is 1.21. The van der Waals surface area contributed by atoms with E-state index in [1.165, 1.54) is 7.11 Å². The van der Waals surface area contributed by atoms with Crippen LogP contribution in [0.3, 0.4) is 0 Å². The molecule has 0 saturated carbocycles. The van der Waals surface area contributed by atoms with E-state index < -0.39 is 0 Å². The summed E-state index contributed by atoms with van der Waals surface area (Å²) in [6, 6.07) is -0.101. The van der Waals surface area contributed by atoms with Crippen molar-refractivity contribution in [2.24, 2.45) is 11.8 Å². The number of carbonyl (C=O) groups is 2. The van der Waals surface area contributed by atoms with Crippen LogP contribution in [-0.2, 0) is 14.3 Å². The second-order valence-corrected chi connectivity index (χ2v) is 3.85. The van der Waals surface area contributed by atoms with Crippen LogP contribution in [0.2, 0.25) is 0 Å². The number of amides is 1. The Morgan fingerprint density at radius 2 is 2.29 bits per heavy atom. The molecule has 2 aliphatic heterocycles. The maximum atomic E-state index is 11.3. The molecule has 5 nitrogen and oxygen atoms in total. The molecule has 2 N–H and O–H groups in total. The van der Waals surface area contributed by atoms with Crippen molar-refractivity contribution < 1.29 is 14.3 Å². The highest BCUT2D eigenvalue weighted by Crippen LogP contribution is 2.24. The molecule has 0 bridgehead atoms. The third kappa shape index (κ3) is 1.48. The highest BCUT2D eigenvalue weighted by Gasteiger charge is 2.41. The van der Waals surface area contributed by atoms with Crippen molar-refractivity contribution in [2.75, 3.05) is 20.2 Å². The van der Waals surface area contributed by atoms with E-state index in [0.29, 0.717) is 13.1 Å². The average Bonchev–Trinajstić information content (AvgIpc) is 2.59. The number of rotatable bonds is 1. The van der Waals surface area contributed by atoms with Crippen molar-refractivity contribution in [1.82, 2.24) is 10.6 Å². The van der Waals surface area contributed by atoms with E-state index in [-0.39, 0.29) is 29.8 Å². The first-order valence-electron chi connectivity index (χ1n) is 4.81. The summed E-state index contributed by atoms with van der Waals surface area (Å²) in [5.41, 5.74) is 0. The van der Waals surface area contributed by atoms with Crippen LogP contribution in [0.15, 0.2) is 0 Å². The molecular weight excluding hydrogens is 184 g/mol. The summed E-state index contributed by atoms with van der Waals surface area (Å²) in [5.74, 6) is 0.00270. The first-order chi connectivity index (χ1) is 6.72. The average molecular weight is 198 g/mol. The van der Waals surface area contributed by atoms with Gasteiger partial charge in [-0.05, 0) is 6.42 Å². The third-order valence-electron chi connectivity index (χ3n) is 3.00. The van der Waals surface area contributed by atoms with Crippen molar-refractivity contribution >= 4 is 11.9 Å². The van der Waals surface area contributed by atoms with Gasteiger partial charge in [0.2, 0.25) is 5.91 Å². The number of esters is 1. The molecule has 2 aliphatic rings. The number of piperidine rings is 1. The van der Waals surface area contributed by atoms with E-state index in [0.717, 1.165) is 6.42 Å². The Morgan fingerprint density at radius 1 is 1.50 bits per heavy atom. The molecule has 0 unspecified atom stereocenters. The SMILES string of the molecule is COC(=O)[C@@H]1CN[C@H]2C(=O)NC[C@H]2C1. The summed E-state index contributed by atoms with van der Waals surface area (Å²) < 4.78 is 4.68. The first kappa shape index (κ1) is 9.45. The number of hydrogen-bond donors (Lipinski definition) is 2. The van der Waals surface area contributed by atoms with Gasteiger partial charge in [-0.3, -0.25) is 9.59 Å². The Bertz CT molecular complexity index is 267. The monoisotopic (exact) mass is 198 g/mol. The molecule has 3 atom stereocenters. The van der Waals surface area contributed by atoms with Crippen molar-refractivity contribution in [2.45, 2.75) is 12.5 Å². The van der Waals surface area contributed by atoms with Crippen LogP contribution in [0.5, 0.6) is 0 Å². The van der Waals surface area contributed by atoms with Gasteiger partial charge in [0.05, 0.1) is 19.1 Å². The van der Waals surface area contributed by atoms with Gasteiger partial charge in [-0.25, -0.2) is 0 Å². The van der Waals surface area contributed by atoms with Gasteiger partial charge in [0.15, 0.2) is 0 Å². The third-order valence-corrected chi connectivity index (χ3v) is 3.00. The Hall–Kier alpha value is -1.10. The highest BCUT2D eigenvalue weighted by atomic mass is 16.5. The number of methoxy groups -OCH3 is 1. The lowest BCUT2D eigenvalue weighted by Gasteiger charge is -2.29. The molecule has 0 radical (unpaired) electrons. The van der Waals surface area contributed by atoms with Crippen molar-refractivity contribution in [1.29, 1.82) is 0 Å². The van der Waals surface area contributed by atoms with Gasteiger partial charge in [-0.15, -0.1) is 0 Å². The van der Waals surface area contributed by atoms with Gasteiger partial charge >= 0.3 is 5.97 Å². The normalized spacial score (nSPS) is 36.1. The Labute approximate surface area is 82.2 Å². The Balaban J connectivity index is 1.99. The molecule has 2 rings (SSSR count). The zero-order valence-electron chi connectivity index (χ0n) is 8.08. The predicted molar refractivity (Wildman–Crippen MR) is 48.4 cm³/mol. The van der Waals surface area contributed by atoms with E-state index in [9.17, 15) is 9.59 Å². The molecule has 0 spiro atoms. The second kappa shape index (κ2) is 3.57. The lowest BCUT2D eigenvalue weighted by atomic mass is 9.86. The standard InChI is InChI=1S/C9H14N2O3/c1-14-9(13)6-2-5-3-11-8(12)7(5)10-4-6/h5-7,10H,2-4H2,1H3,(H,11,12)/t5-,6+,7-/m1/s1. The fraction of sp³-hybridized carbons (Fsp3) is 0.778. The minimum Gasteiger partial charge on any atom is -0.469 e. The number of hydrogen-bond acceptors (Lipinski definition) is 4. The Kier molecular flexibility index (Phi) is 2.41. The lowest BCUT2D eigenvalue weighted by molar-refractivity contribution is -0.147. The molecule has 2 saturated heterocycles. The summed E-state index contributed by atoms with van der Waals surface area (Å²) in [4.78, 5) is 22.5. The fourth-order valence-electron chi connectivity index (χ4n) is 2.22. The largest absolute Gasteiger partial charge is 0.469 e. The molecule has 78 valence electrons. The van der Waals surface area contributed by atoms with Gasteiger partial charge in [0.1, 0.15) is 0 Å². The summed E-state index contributed by atoms with van der Waals surface area (Å²) >= 11 is 0. The highest BCUT2D eigenvalue weighted by molar-refractivity contribution is 5.85. The van der Waals surface area contributed by atoms with E-state index >= 15 is 0 Å². The Morgan fingerprint density at radius 3 is 3.00 bits per heavy atom. The fourth-order valence-corrected chi connectivity index (χ4v) is 2.22. The van der Waals surface area contributed by atoms with Crippen LogP contribution in [-0.4, -0.2) is 38.1 Å². The molecule has 0 aromatic heterocycles. The van der Waals surface area contributed by atoms with Crippen molar-refractivity contribution in [3.8, 4) is 0 Å². The molecule has 0 aromatic rings. The van der Waals surface area contributed by atoms with Crippen LogP contribution < -0.4 is 10.6 Å². The molecule has 0 aliphatic carbocycles. The van der Waals surface area contributed by atoms with Gasteiger partial charge in [0.25, 0.3) is 0 Å². The van der Waals surface area contributed by atoms with E-state index in [1.54, 1.807) is 0 Å². The number of nitrogens with one attached hydrogen (secondary N) is 2. The molecule has 2 heterocycles. The second-order valence-electron chi connectivity index (χ2n) is 3.85. The van der Waals surface area contributed by atoms with E-state index in [4.69, 9.17) is 0 Å². The minimum atomic E-state index is -0.185. The lowest BCUT2D eigenvalue weighted by Crippen LogP contribution is -2.49. The summed E-state index contributed by atoms with van der Waals surface area (Å²) in [5, 5.41) is 5.87. The molecule has 2 fully saturated rings. The molecular formula is C9H14N2O3. The minimum absolute atomic E-state index is 0.0540. The van der Waals surface area contributed by atoms with Gasteiger partial charge in [-0.2, -0.15) is 0 Å². The van der Waals surface area contributed by atoms with E-state index in [1.807, 2.05) is 0 Å². The van der Waals surface area contributed by atoms with Crippen LogP contribution in [0, 0.1) is 11.8 Å². The quantitative estimate of drug-likeness (QED) is 0.524. The molecule has 1 amide bonds. The van der Waals surface area contributed by atoms with E-state index in [2.05, 4.69) is 15.4 Å². The smallest absolute Gasteiger partial charge is 0.309 e. The maximum absolute atomic E-state index is 11.3. The number of carbonyl (C=O) groups excluding carboxylic acids is 2. The molecule has 14 heavy (non-hydrogen) atoms. The summed E-state index contributed by atoms with van der Waals surface area (Å²) in [7, 11) is 1.40. The molecule has 5 heteroatoms. The summed E-state index contributed by atoms with van der Waals surface area (Å²) in [6.07, 6.45) is 0.739. The predicted octanol–water partition coefficient (Wildman–Crippen LogP) is -1.12. The van der Waals surface area contributed by atoms with Gasteiger partial charge in [-0.1, -0.05) is 0 Å². The number of ether oxygens (including phenoxy) is 1. The van der Waals surface area contributed by atoms with Gasteiger partial charge < -0.3 is 15.4 Å². The number of fused-ring (bicyclic) bond motifs is 1. The van der Waals surface area contributed by atoms with Crippen molar-refractivity contribution in [3.05, 3.63) is 0 Å². The van der Waals surface area contributed by atoms with Crippen LogP contribution in [0.1, 0.15) is 6.42 Å². The van der Waals surface area contributed by atoms with Gasteiger partial charge in [0, 0.05) is 19.0 Å². The maximum Gasteiger partial charge on any atom is 0.309 e. The van der Waals surface area contributed by atoms with Crippen LogP contribution in [0.25, 0.3) is 0 Å². The van der Waals surface area contributed by atoms with Crippen molar-refractivity contribution in [3.63, 3.8) is 0 Å². The van der Waals surface area contributed by atoms with Crippen LogP contribution in [0.4, 0.5) is 0 Å².